The van der Waals surface area contributed by atoms with E-state index in [-0.39, 0.29) is 5.75 Å². The van der Waals surface area contributed by atoms with E-state index in [4.69, 9.17) is 16.6 Å². The number of nitrogens with two attached hydrogens (primary N) is 2. The van der Waals surface area contributed by atoms with Crippen LogP contribution in [0.25, 0.3) is 0 Å². The largest absolute Gasteiger partial charge is 0.480 e. The van der Waals surface area contributed by atoms with Gasteiger partial charge >= 0.3 is 5.97 Å². The van der Waals surface area contributed by atoms with E-state index in [1.165, 1.54) is 11.8 Å². The Balaban J connectivity index is 4.72. The molecule has 3 unspecified atom stereocenters. The highest BCUT2D eigenvalue weighted by molar-refractivity contribution is 7.98. The van der Waals surface area contributed by atoms with Crippen molar-refractivity contribution in [3.8, 4) is 0 Å². The Labute approximate surface area is 166 Å². The van der Waals surface area contributed by atoms with Crippen molar-refractivity contribution < 1.29 is 29.1 Å². The number of nitrogens with one attached hydrogen (secondary N) is 3. The van der Waals surface area contributed by atoms with E-state index in [0.29, 0.717) is 12.2 Å². The van der Waals surface area contributed by atoms with Crippen molar-refractivity contribution in [1.29, 1.82) is 0 Å². The molecule has 13 heteroatoms. The second-order valence-electron chi connectivity index (χ2n) is 5.48. The van der Waals surface area contributed by atoms with Crippen LogP contribution in [0.4, 0.5) is 0 Å². The SMILES string of the molecule is CSCCC(N)C(=O)NCC(=O)NC(CC(N)=O)C(=O)NC(CS)C(=O)O. The Hall–Kier alpha value is -1.99. The number of carbonyl (C=O) groups excluding carboxylic acids is 4. The normalized spacial score (nSPS) is 13.7. The third kappa shape index (κ3) is 10.7. The number of hydrogen-bond donors (Lipinski definition) is 7. The number of rotatable bonds is 13. The van der Waals surface area contributed by atoms with E-state index in [2.05, 4.69) is 28.6 Å². The molecule has 0 aromatic carbocycles. The van der Waals surface area contributed by atoms with Crippen LogP contribution >= 0.6 is 24.4 Å². The molecule has 0 aromatic heterocycles. The topological polar surface area (TPSA) is 194 Å². The van der Waals surface area contributed by atoms with Gasteiger partial charge in [-0.3, -0.25) is 19.2 Å². The van der Waals surface area contributed by atoms with Crippen LogP contribution < -0.4 is 27.4 Å². The maximum absolute atomic E-state index is 12.1. The van der Waals surface area contributed by atoms with E-state index in [1.54, 1.807) is 0 Å². The number of carboxylic acid groups (broad SMARTS) is 1. The first-order chi connectivity index (χ1) is 12.6. The van der Waals surface area contributed by atoms with Gasteiger partial charge in [0.2, 0.25) is 23.6 Å². The molecule has 0 rings (SSSR count). The third-order valence-electron chi connectivity index (χ3n) is 3.25. The first-order valence-electron chi connectivity index (χ1n) is 7.86. The summed E-state index contributed by atoms with van der Waals surface area (Å²) in [6.45, 7) is -0.469. The van der Waals surface area contributed by atoms with Crippen molar-refractivity contribution in [3.05, 3.63) is 0 Å². The summed E-state index contributed by atoms with van der Waals surface area (Å²) in [6.07, 6.45) is 1.75. The van der Waals surface area contributed by atoms with E-state index >= 15 is 0 Å². The van der Waals surface area contributed by atoms with Crippen molar-refractivity contribution in [3.63, 3.8) is 0 Å². The molecule has 0 heterocycles. The molecule has 3 atom stereocenters. The Morgan fingerprint density at radius 3 is 2.22 bits per heavy atom. The van der Waals surface area contributed by atoms with Crippen LogP contribution in [0, 0.1) is 0 Å². The molecule has 0 spiro atoms. The number of thioether (sulfide) groups is 1. The molecule has 0 saturated carbocycles. The van der Waals surface area contributed by atoms with Crippen molar-refractivity contribution >= 4 is 54.0 Å². The highest BCUT2D eigenvalue weighted by Gasteiger charge is 2.27. The number of carboxylic acids is 1. The Morgan fingerprint density at radius 1 is 1.11 bits per heavy atom. The molecule has 0 bridgehead atoms. The molecule has 0 aliphatic carbocycles. The zero-order chi connectivity index (χ0) is 21.0. The van der Waals surface area contributed by atoms with Crippen LogP contribution in [0.3, 0.4) is 0 Å². The fourth-order valence-electron chi connectivity index (χ4n) is 1.79. The molecular weight excluding hydrogens is 398 g/mol. The summed E-state index contributed by atoms with van der Waals surface area (Å²) in [6, 6.07) is -3.47. The van der Waals surface area contributed by atoms with E-state index in [1.807, 2.05) is 6.26 Å². The zero-order valence-corrected chi connectivity index (χ0v) is 16.5. The average Bonchev–Trinajstić information content (AvgIpc) is 2.60. The Kier molecular flexibility index (Phi) is 12.2. The summed E-state index contributed by atoms with van der Waals surface area (Å²) in [7, 11) is 0. The number of thiol groups is 1. The number of carbonyl (C=O) groups is 5. The molecule has 11 nitrogen and oxygen atoms in total. The lowest BCUT2D eigenvalue weighted by atomic mass is 10.1. The van der Waals surface area contributed by atoms with Gasteiger partial charge in [0.15, 0.2) is 0 Å². The van der Waals surface area contributed by atoms with Gasteiger partial charge in [0.25, 0.3) is 0 Å². The molecule has 154 valence electrons. The lowest BCUT2D eigenvalue weighted by Crippen LogP contribution is -2.55. The summed E-state index contributed by atoms with van der Waals surface area (Å²) < 4.78 is 0. The van der Waals surface area contributed by atoms with Crippen LogP contribution in [-0.2, 0) is 24.0 Å². The van der Waals surface area contributed by atoms with Crippen LogP contribution in [0.1, 0.15) is 12.8 Å². The molecule has 0 aromatic rings. The average molecular weight is 424 g/mol. The Morgan fingerprint density at radius 2 is 1.74 bits per heavy atom. The first-order valence-corrected chi connectivity index (χ1v) is 9.88. The lowest BCUT2D eigenvalue weighted by Gasteiger charge is -2.20. The number of aliphatic carboxylic acids is 1. The van der Waals surface area contributed by atoms with Crippen molar-refractivity contribution in [2.24, 2.45) is 11.5 Å². The maximum Gasteiger partial charge on any atom is 0.327 e. The number of amides is 4. The summed E-state index contributed by atoms with van der Waals surface area (Å²) >= 11 is 5.32. The number of hydrogen-bond acceptors (Lipinski definition) is 8. The predicted molar refractivity (Wildman–Crippen MR) is 103 cm³/mol. The van der Waals surface area contributed by atoms with Gasteiger partial charge in [-0.15, -0.1) is 0 Å². The number of primary amides is 1. The standard InChI is InChI=1S/C14H25N5O6S2/c1-27-3-2-7(15)12(22)17-5-11(21)18-8(4-10(16)20)13(23)19-9(6-26)14(24)25/h7-9,26H,2-6,15H2,1H3,(H2,16,20)(H,17,22)(H,18,21)(H,19,23)(H,24,25). The van der Waals surface area contributed by atoms with Gasteiger partial charge in [0, 0.05) is 5.75 Å². The minimum absolute atomic E-state index is 0.192. The highest BCUT2D eigenvalue weighted by Crippen LogP contribution is 1.99. The first kappa shape index (κ1) is 25.0. The van der Waals surface area contributed by atoms with Crippen LogP contribution in [0.15, 0.2) is 0 Å². The summed E-state index contributed by atoms with van der Waals surface area (Å²) in [5, 5.41) is 15.6. The van der Waals surface area contributed by atoms with E-state index in [9.17, 15) is 24.0 Å². The predicted octanol–water partition coefficient (Wildman–Crippen LogP) is -2.96. The van der Waals surface area contributed by atoms with Gasteiger partial charge in [-0.2, -0.15) is 24.4 Å². The smallest absolute Gasteiger partial charge is 0.327 e. The van der Waals surface area contributed by atoms with Crippen molar-refractivity contribution in [2.45, 2.75) is 31.0 Å². The van der Waals surface area contributed by atoms with Gasteiger partial charge in [-0.25, -0.2) is 4.79 Å². The van der Waals surface area contributed by atoms with Crippen molar-refractivity contribution in [1.82, 2.24) is 16.0 Å². The minimum Gasteiger partial charge on any atom is -0.480 e. The van der Waals surface area contributed by atoms with Gasteiger partial charge in [0.1, 0.15) is 12.1 Å². The molecule has 0 fully saturated rings. The van der Waals surface area contributed by atoms with Gasteiger partial charge < -0.3 is 32.5 Å². The Bertz CT molecular complexity index is 562. The quantitative estimate of drug-likeness (QED) is 0.153. The molecule has 0 aliphatic heterocycles. The zero-order valence-electron chi connectivity index (χ0n) is 14.8. The molecule has 0 aliphatic rings. The van der Waals surface area contributed by atoms with Crippen molar-refractivity contribution in [2.75, 3.05) is 24.3 Å². The second-order valence-corrected chi connectivity index (χ2v) is 6.83. The summed E-state index contributed by atoms with van der Waals surface area (Å²) in [5.74, 6) is -3.92. The molecule has 4 amide bonds. The third-order valence-corrected chi connectivity index (χ3v) is 4.26. The molecule has 27 heavy (non-hydrogen) atoms. The molecule has 0 saturated heterocycles. The van der Waals surface area contributed by atoms with Gasteiger partial charge in [-0.05, 0) is 18.4 Å². The monoisotopic (exact) mass is 423 g/mol. The van der Waals surface area contributed by atoms with E-state index < -0.39 is 60.7 Å². The second kappa shape index (κ2) is 13.2. The lowest BCUT2D eigenvalue weighted by molar-refractivity contribution is -0.141. The molecular formula is C14H25N5O6S2. The van der Waals surface area contributed by atoms with Gasteiger partial charge in [-0.1, -0.05) is 0 Å². The van der Waals surface area contributed by atoms with Gasteiger partial charge in [0.05, 0.1) is 19.0 Å². The van der Waals surface area contributed by atoms with Crippen LogP contribution in [0.2, 0.25) is 0 Å². The molecule has 8 N–H and O–H groups in total. The minimum atomic E-state index is -1.39. The fourth-order valence-corrected chi connectivity index (χ4v) is 2.53. The maximum atomic E-state index is 12.1. The highest BCUT2D eigenvalue weighted by atomic mass is 32.2. The molecule has 0 radical (unpaired) electrons. The van der Waals surface area contributed by atoms with E-state index in [0.717, 1.165) is 0 Å². The summed E-state index contributed by atoms with van der Waals surface area (Å²) in [4.78, 5) is 57.9. The summed E-state index contributed by atoms with van der Waals surface area (Å²) in [5.41, 5.74) is 10.7. The van der Waals surface area contributed by atoms with Crippen LogP contribution in [0.5, 0.6) is 0 Å². The van der Waals surface area contributed by atoms with Crippen LogP contribution in [-0.4, -0.2) is 77.1 Å². The fraction of sp³-hybridized carbons (Fsp3) is 0.643.